The number of nitrogens with one attached hydrogen (secondary N) is 1. The van der Waals surface area contributed by atoms with Crippen LogP contribution in [-0.4, -0.2) is 6.61 Å². The lowest BCUT2D eigenvalue weighted by Gasteiger charge is -2.16. The summed E-state index contributed by atoms with van der Waals surface area (Å²) in [6.45, 7) is 3.77. The Morgan fingerprint density at radius 1 is 0.833 bits per heavy atom. The van der Waals surface area contributed by atoms with Gasteiger partial charge in [0.25, 0.3) is 0 Å². The molecule has 4 aromatic carbocycles. The highest BCUT2D eigenvalue weighted by Gasteiger charge is 2.10. The van der Waals surface area contributed by atoms with E-state index in [1.54, 1.807) is 0 Å². The van der Waals surface area contributed by atoms with E-state index in [-0.39, 0.29) is 0 Å². The predicted octanol–water partition coefficient (Wildman–Crippen LogP) is 7.08. The van der Waals surface area contributed by atoms with Crippen molar-refractivity contribution in [3.63, 3.8) is 0 Å². The third-order valence-corrected chi connectivity index (χ3v) is 5.15. The molecule has 0 unspecified atom stereocenters. The lowest BCUT2D eigenvalue weighted by Crippen LogP contribution is -2.05. The Kier molecular flexibility index (Phi) is 6.41. The number of halogens is 1. The number of ether oxygens (including phenoxy) is 2. The molecule has 0 saturated carbocycles. The van der Waals surface area contributed by atoms with Crippen molar-refractivity contribution in [2.75, 3.05) is 11.9 Å². The molecule has 0 aliphatic heterocycles. The molecular formula is C26H24ClNO2. The number of rotatable bonds is 8. The number of hydrogen-bond donors (Lipinski definition) is 1. The molecule has 0 bridgehead atoms. The van der Waals surface area contributed by atoms with Gasteiger partial charge in [0.05, 0.1) is 6.61 Å². The van der Waals surface area contributed by atoms with Gasteiger partial charge in [-0.25, -0.2) is 0 Å². The third-order valence-electron chi connectivity index (χ3n) is 4.92. The SMILES string of the molecule is CCOc1ccc(NCc2c(OCc3cccc(Cl)c3)ccc3ccccc23)cc1. The van der Waals surface area contributed by atoms with E-state index in [9.17, 15) is 0 Å². The molecule has 0 radical (unpaired) electrons. The average Bonchev–Trinajstić information content (AvgIpc) is 2.77. The fourth-order valence-electron chi connectivity index (χ4n) is 3.45. The third kappa shape index (κ3) is 4.87. The molecule has 4 heteroatoms. The van der Waals surface area contributed by atoms with Crippen LogP contribution in [0.15, 0.2) is 84.9 Å². The number of anilines is 1. The highest BCUT2D eigenvalue weighted by atomic mass is 35.5. The van der Waals surface area contributed by atoms with Crippen molar-refractivity contribution in [3.05, 3.63) is 101 Å². The van der Waals surface area contributed by atoms with Crippen LogP contribution in [0.25, 0.3) is 10.8 Å². The van der Waals surface area contributed by atoms with Crippen LogP contribution in [0.1, 0.15) is 18.1 Å². The molecule has 0 fully saturated rings. The van der Waals surface area contributed by atoms with Gasteiger partial charge in [-0.2, -0.15) is 0 Å². The molecule has 4 rings (SSSR count). The minimum Gasteiger partial charge on any atom is -0.494 e. The maximum absolute atomic E-state index is 6.21. The van der Waals surface area contributed by atoms with E-state index in [4.69, 9.17) is 21.1 Å². The zero-order valence-corrected chi connectivity index (χ0v) is 17.7. The average molecular weight is 418 g/mol. The summed E-state index contributed by atoms with van der Waals surface area (Å²) in [5, 5.41) is 6.60. The van der Waals surface area contributed by atoms with Gasteiger partial charge < -0.3 is 14.8 Å². The van der Waals surface area contributed by atoms with Gasteiger partial charge in [-0.05, 0) is 65.7 Å². The van der Waals surface area contributed by atoms with Crippen LogP contribution in [0, 0.1) is 0 Å². The quantitative estimate of drug-likeness (QED) is 0.332. The number of benzene rings is 4. The van der Waals surface area contributed by atoms with Gasteiger partial charge in [0, 0.05) is 22.8 Å². The fourth-order valence-corrected chi connectivity index (χ4v) is 3.66. The molecule has 0 atom stereocenters. The van der Waals surface area contributed by atoms with Crippen molar-refractivity contribution in [2.45, 2.75) is 20.1 Å². The van der Waals surface area contributed by atoms with Crippen LogP contribution < -0.4 is 14.8 Å². The predicted molar refractivity (Wildman–Crippen MR) is 125 cm³/mol. The van der Waals surface area contributed by atoms with Gasteiger partial charge in [0.2, 0.25) is 0 Å². The normalized spacial score (nSPS) is 10.7. The zero-order valence-electron chi connectivity index (χ0n) is 16.9. The van der Waals surface area contributed by atoms with Crippen molar-refractivity contribution in [3.8, 4) is 11.5 Å². The second kappa shape index (κ2) is 9.55. The highest BCUT2D eigenvalue weighted by Crippen LogP contribution is 2.30. The van der Waals surface area contributed by atoms with Gasteiger partial charge in [0.15, 0.2) is 0 Å². The fraction of sp³-hybridized carbons (Fsp3) is 0.154. The largest absolute Gasteiger partial charge is 0.494 e. The van der Waals surface area contributed by atoms with E-state index in [0.29, 0.717) is 24.8 Å². The van der Waals surface area contributed by atoms with E-state index < -0.39 is 0 Å². The van der Waals surface area contributed by atoms with E-state index in [1.807, 2.05) is 61.5 Å². The molecule has 1 N–H and O–H groups in total. The minimum absolute atomic E-state index is 0.467. The standard InChI is InChI=1S/C26H24ClNO2/c1-2-29-23-13-11-22(12-14-23)28-17-25-24-9-4-3-7-20(24)10-15-26(25)30-18-19-6-5-8-21(27)16-19/h3-16,28H,2,17-18H2,1H3. The summed E-state index contributed by atoms with van der Waals surface area (Å²) in [6, 6.07) is 28.3. The van der Waals surface area contributed by atoms with E-state index in [0.717, 1.165) is 28.3 Å². The molecule has 0 saturated heterocycles. The van der Waals surface area contributed by atoms with Crippen molar-refractivity contribution >= 4 is 28.1 Å². The lowest BCUT2D eigenvalue weighted by molar-refractivity contribution is 0.304. The maximum Gasteiger partial charge on any atom is 0.125 e. The first-order chi connectivity index (χ1) is 14.7. The highest BCUT2D eigenvalue weighted by molar-refractivity contribution is 6.30. The monoisotopic (exact) mass is 417 g/mol. The Bertz CT molecular complexity index is 1130. The lowest BCUT2D eigenvalue weighted by atomic mass is 10.0. The molecule has 0 aliphatic carbocycles. The van der Waals surface area contributed by atoms with Crippen LogP contribution >= 0.6 is 11.6 Å². The van der Waals surface area contributed by atoms with E-state index >= 15 is 0 Å². The van der Waals surface area contributed by atoms with Gasteiger partial charge in [-0.15, -0.1) is 0 Å². The van der Waals surface area contributed by atoms with Crippen LogP contribution in [-0.2, 0) is 13.2 Å². The number of fused-ring (bicyclic) bond motifs is 1. The van der Waals surface area contributed by atoms with Crippen LogP contribution in [0.5, 0.6) is 11.5 Å². The Morgan fingerprint density at radius 2 is 1.67 bits per heavy atom. The first-order valence-electron chi connectivity index (χ1n) is 10.1. The smallest absolute Gasteiger partial charge is 0.125 e. The van der Waals surface area contributed by atoms with Crippen LogP contribution in [0.2, 0.25) is 5.02 Å². The van der Waals surface area contributed by atoms with E-state index in [1.165, 1.54) is 10.8 Å². The molecule has 152 valence electrons. The summed E-state index contributed by atoms with van der Waals surface area (Å²) >= 11 is 6.11. The van der Waals surface area contributed by atoms with Crippen LogP contribution in [0.4, 0.5) is 5.69 Å². The molecule has 0 aliphatic rings. The van der Waals surface area contributed by atoms with Gasteiger partial charge in [0.1, 0.15) is 18.1 Å². The molecule has 30 heavy (non-hydrogen) atoms. The van der Waals surface area contributed by atoms with Crippen molar-refractivity contribution < 1.29 is 9.47 Å². The minimum atomic E-state index is 0.467. The Labute approximate surface area is 182 Å². The molecule has 0 amide bonds. The van der Waals surface area contributed by atoms with Crippen molar-refractivity contribution in [1.82, 2.24) is 0 Å². The summed E-state index contributed by atoms with van der Waals surface area (Å²) in [5.41, 5.74) is 3.21. The summed E-state index contributed by atoms with van der Waals surface area (Å²) in [7, 11) is 0. The van der Waals surface area contributed by atoms with Gasteiger partial charge in [-0.1, -0.05) is 54.1 Å². The summed E-state index contributed by atoms with van der Waals surface area (Å²) in [4.78, 5) is 0. The topological polar surface area (TPSA) is 30.5 Å². The molecule has 3 nitrogen and oxygen atoms in total. The molecule has 4 aromatic rings. The Morgan fingerprint density at radius 3 is 2.47 bits per heavy atom. The van der Waals surface area contributed by atoms with Crippen LogP contribution in [0.3, 0.4) is 0 Å². The first kappa shape index (κ1) is 20.1. The summed E-state index contributed by atoms with van der Waals surface area (Å²) in [6.07, 6.45) is 0. The zero-order chi connectivity index (χ0) is 20.8. The van der Waals surface area contributed by atoms with E-state index in [2.05, 4.69) is 35.6 Å². The molecule has 0 heterocycles. The van der Waals surface area contributed by atoms with Gasteiger partial charge in [-0.3, -0.25) is 0 Å². The van der Waals surface area contributed by atoms with Crippen molar-refractivity contribution in [2.24, 2.45) is 0 Å². The number of hydrogen-bond acceptors (Lipinski definition) is 3. The van der Waals surface area contributed by atoms with Gasteiger partial charge >= 0.3 is 0 Å². The Hall–Kier alpha value is -3.17. The maximum atomic E-state index is 6.21. The summed E-state index contributed by atoms with van der Waals surface area (Å²) in [5.74, 6) is 1.74. The molecule has 0 spiro atoms. The molecular weight excluding hydrogens is 394 g/mol. The summed E-state index contributed by atoms with van der Waals surface area (Å²) < 4.78 is 11.7. The second-order valence-corrected chi connectivity index (χ2v) is 7.43. The first-order valence-corrected chi connectivity index (χ1v) is 10.5. The van der Waals surface area contributed by atoms with Crippen molar-refractivity contribution in [1.29, 1.82) is 0 Å². The molecule has 0 aromatic heterocycles. The Balaban J connectivity index is 1.57. The second-order valence-electron chi connectivity index (χ2n) is 6.99.